The van der Waals surface area contributed by atoms with Crippen LogP contribution in [0.3, 0.4) is 0 Å². The van der Waals surface area contributed by atoms with Gasteiger partial charge >= 0.3 is 5.97 Å². The number of carbonyl (C=O) groups excluding carboxylic acids is 1. The first-order valence-electron chi connectivity index (χ1n) is 6.82. The van der Waals surface area contributed by atoms with E-state index in [-0.39, 0.29) is 5.97 Å². The molecule has 0 aromatic carbocycles. The van der Waals surface area contributed by atoms with Crippen molar-refractivity contribution in [2.24, 2.45) is 0 Å². The van der Waals surface area contributed by atoms with Gasteiger partial charge in [0.2, 0.25) is 0 Å². The van der Waals surface area contributed by atoms with Gasteiger partial charge in [-0.1, -0.05) is 13.0 Å². The van der Waals surface area contributed by atoms with Crippen molar-refractivity contribution in [1.29, 1.82) is 0 Å². The maximum absolute atomic E-state index is 11.4. The Hall–Kier alpha value is -0.870. The Morgan fingerprint density at radius 2 is 1.89 bits per heavy atom. The van der Waals surface area contributed by atoms with E-state index < -0.39 is 0 Å². The lowest BCUT2D eigenvalue weighted by Crippen LogP contribution is -2.48. The van der Waals surface area contributed by atoms with Crippen LogP contribution < -0.4 is 0 Å². The van der Waals surface area contributed by atoms with Crippen molar-refractivity contribution in [3.8, 4) is 0 Å². The van der Waals surface area contributed by atoms with Gasteiger partial charge in [0.15, 0.2) is 0 Å². The summed E-state index contributed by atoms with van der Waals surface area (Å²) in [5.41, 5.74) is 0.781. The Kier molecular flexibility index (Phi) is 6.36. The molecule has 1 saturated heterocycles. The second kappa shape index (κ2) is 7.54. The summed E-state index contributed by atoms with van der Waals surface area (Å²) in [5, 5.41) is 0. The van der Waals surface area contributed by atoms with E-state index >= 15 is 0 Å². The molecule has 4 heteroatoms. The van der Waals surface area contributed by atoms with E-state index in [4.69, 9.17) is 4.74 Å². The van der Waals surface area contributed by atoms with Crippen molar-refractivity contribution in [2.75, 3.05) is 39.8 Å². The molecule has 0 bridgehead atoms. The number of hydrogen-bond acceptors (Lipinski definition) is 4. The minimum absolute atomic E-state index is 0.196. The summed E-state index contributed by atoms with van der Waals surface area (Å²) in [6.45, 7) is 11.7. The van der Waals surface area contributed by atoms with Crippen molar-refractivity contribution >= 4 is 5.97 Å². The molecule has 104 valence electrons. The van der Waals surface area contributed by atoms with Gasteiger partial charge in [-0.25, -0.2) is 4.79 Å². The third-order valence-corrected chi connectivity index (χ3v) is 3.56. The van der Waals surface area contributed by atoms with Crippen LogP contribution in [-0.4, -0.2) is 61.6 Å². The molecule has 0 unspecified atom stereocenters. The molecule has 18 heavy (non-hydrogen) atoms. The van der Waals surface area contributed by atoms with Gasteiger partial charge in [-0.15, -0.1) is 0 Å². The number of ether oxygens (including phenoxy) is 1. The fourth-order valence-electron chi connectivity index (χ4n) is 2.20. The van der Waals surface area contributed by atoms with Gasteiger partial charge in [0.25, 0.3) is 0 Å². The molecule has 0 atom stereocenters. The van der Waals surface area contributed by atoms with Gasteiger partial charge in [0, 0.05) is 44.3 Å². The summed E-state index contributed by atoms with van der Waals surface area (Å²) in [5.74, 6) is -0.196. The second-order valence-electron chi connectivity index (χ2n) is 5.00. The first-order valence-corrected chi connectivity index (χ1v) is 6.82. The van der Waals surface area contributed by atoms with Crippen molar-refractivity contribution in [3.05, 3.63) is 11.6 Å². The lowest BCUT2D eigenvalue weighted by atomic mass is 10.2. The molecule has 4 nitrogen and oxygen atoms in total. The highest BCUT2D eigenvalue weighted by Crippen LogP contribution is 2.08. The molecule has 0 N–H and O–H groups in total. The highest BCUT2D eigenvalue weighted by molar-refractivity contribution is 5.88. The van der Waals surface area contributed by atoms with Crippen LogP contribution in [0.5, 0.6) is 0 Å². The summed E-state index contributed by atoms with van der Waals surface area (Å²) in [6.07, 6.45) is 2.75. The van der Waals surface area contributed by atoms with Crippen molar-refractivity contribution in [3.63, 3.8) is 0 Å². The number of rotatable bonds is 5. The third-order valence-electron chi connectivity index (χ3n) is 3.56. The second-order valence-corrected chi connectivity index (χ2v) is 5.00. The Morgan fingerprint density at radius 1 is 1.28 bits per heavy atom. The molecule has 1 aliphatic heterocycles. The number of hydrogen-bond donors (Lipinski definition) is 0. The van der Waals surface area contributed by atoms with Crippen LogP contribution in [0, 0.1) is 0 Å². The molecule has 0 saturated carbocycles. The van der Waals surface area contributed by atoms with E-state index in [1.54, 1.807) is 0 Å². The van der Waals surface area contributed by atoms with Crippen LogP contribution in [0.1, 0.15) is 27.2 Å². The van der Waals surface area contributed by atoms with Gasteiger partial charge in [-0.05, 0) is 20.3 Å². The average molecular weight is 254 g/mol. The number of methoxy groups -OCH3 is 1. The molecule has 0 spiro atoms. The Labute approximate surface area is 111 Å². The summed E-state index contributed by atoms with van der Waals surface area (Å²) in [7, 11) is 1.44. The Morgan fingerprint density at radius 3 is 2.33 bits per heavy atom. The normalized spacial score (nSPS) is 19.3. The van der Waals surface area contributed by atoms with Crippen molar-refractivity contribution < 1.29 is 9.53 Å². The maximum Gasteiger partial charge on any atom is 0.333 e. The minimum Gasteiger partial charge on any atom is -0.466 e. The first-order chi connectivity index (χ1) is 8.58. The third kappa shape index (κ3) is 4.42. The number of esters is 1. The summed E-state index contributed by atoms with van der Waals surface area (Å²) in [4.78, 5) is 16.3. The topological polar surface area (TPSA) is 32.8 Å². The Balaban J connectivity index is 2.41. The molecule has 0 amide bonds. The largest absolute Gasteiger partial charge is 0.466 e. The van der Waals surface area contributed by atoms with E-state index in [1.165, 1.54) is 7.11 Å². The molecular formula is C14H26N2O2. The molecular weight excluding hydrogens is 228 g/mol. The Bertz CT molecular complexity index is 292. The maximum atomic E-state index is 11.4. The summed E-state index contributed by atoms with van der Waals surface area (Å²) in [6, 6.07) is 0.629. The molecule has 0 aromatic heterocycles. The SMILES string of the molecule is CCC(=CCN1CCN(C(C)C)CC1)C(=O)OC. The van der Waals surface area contributed by atoms with Crippen LogP contribution in [0.25, 0.3) is 0 Å². The molecule has 1 rings (SSSR count). The molecule has 1 heterocycles. The quantitative estimate of drug-likeness (QED) is 0.550. The monoisotopic (exact) mass is 254 g/mol. The lowest BCUT2D eigenvalue weighted by molar-refractivity contribution is -0.136. The van der Waals surface area contributed by atoms with Crippen LogP contribution in [0.2, 0.25) is 0 Å². The molecule has 1 fully saturated rings. The van der Waals surface area contributed by atoms with E-state index in [2.05, 4.69) is 23.6 Å². The van der Waals surface area contributed by atoms with Crippen molar-refractivity contribution in [2.45, 2.75) is 33.2 Å². The van der Waals surface area contributed by atoms with Gasteiger partial charge in [0.05, 0.1) is 7.11 Å². The van der Waals surface area contributed by atoms with E-state index in [0.29, 0.717) is 6.04 Å². The van der Waals surface area contributed by atoms with Gasteiger partial charge in [-0.3, -0.25) is 9.80 Å². The molecule has 0 aliphatic carbocycles. The zero-order valence-corrected chi connectivity index (χ0v) is 12.1. The predicted octanol–water partition coefficient (Wildman–Crippen LogP) is 1.52. The van der Waals surface area contributed by atoms with Crippen LogP contribution in [0.4, 0.5) is 0 Å². The van der Waals surface area contributed by atoms with E-state index in [0.717, 1.165) is 44.7 Å². The summed E-state index contributed by atoms with van der Waals surface area (Å²) < 4.78 is 4.76. The van der Waals surface area contributed by atoms with Gasteiger partial charge in [0.1, 0.15) is 0 Å². The number of carbonyl (C=O) groups is 1. The fourth-order valence-corrected chi connectivity index (χ4v) is 2.20. The van der Waals surface area contributed by atoms with E-state index in [1.807, 2.05) is 13.0 Å². The lowest BCUT2D eigenvalue weighted by Gasteiger charge is -2.36. The number of piperazine rings is 1. The molecule has 0 aromatic rings. The van der Waals surface area contributed by atoms with Gasteiger partial charge in [-0.2, -0.15) is 0 Å². The highest BCUT2D eigenvalue weighted by Gasteiger charge is 2.18. The van der Waals surface area contributed by atoms with Crippen LogP contribution in [-0.2, 0) is 9.53 Å². The smallest absolute Gasteiger partial charge is 0.333 e. The first kappa shape index (κ1) is 15.2. The molecule has 1 aliphatic rings. The van der Waals surface area contributed by atoms with Crippen molar-refractivity contribution in [1.82, 2.24) is 9.80 Å². The van der Waals surface area contributed by atoms with E-state index in [9.17, 15) is 4.79 Å². The summed E-state index contributed by atoms with van der Waals surface area (Å²) >= 11 is 0. The standard InChI is InChI=1S/C14H26N2O2/c1-5-13(14(17)18-4)6-7-15-8-10-16(11-9-15)12(2)3/h6,12H,5,7-11H2,1-4H3. The highest BCUT2D eigenvalue weighted by atomic mass is 16.5. The minimum atomic E-state index is -0.196. The molecule has 0 radical (unpaired) electrons. The average Bonchev–Trinajstić information content (AvgIpc) is 2.39. The predicted molar refractivity (Wildman–Crippen MR) is 73.5 cm³/mol. The van der Waals surface area contributed by atoms with Crippen LogP contribution in [0.15, 0.2) is 11.6 Å². The fraction of sp³-hybridized carbons (Fsp3) is 0.786. The van der Waals surface area contributed by atoms with Crippen LogP contribution >= 0.6 is 0 Å². The number of nitrogens with zero attached hydrogens (tertiary/aromatic N) is 2. The zero-order chi connectivity index (χ0) is 13.5. The zero-order valence-electron chi connectivity index (χ0n) is 12.1. The van der Waals surface area contributed by atoms with Gasteiger partial charge < -0.3 is 4.74 Å².